The minimum absolute atomic E-state index is 0.455. The third-order valence-electron chi connectivity index (χ3n) is 18.5. The van der Waals surface area contributed by atoms with Crippen LogP contribution in [0.4, 0.5) is 0 Å². The summed E-state index contributed by atoms with van der Waals surface area (Å²) < 4.78 is 0. The fourth-order valence-corrected chi connectivity index (χ4v) is 14.0. The normalized spacial score (nSPS) is 15.5. The van der Waals surface area contributed by atoms with Crippen LogP contribution in [-0.4, -0.2) is 106 Å². The van der Waals surface area contributed by atoms with Gasteiger partial charge in [-0.1, -0.05) is 273 Å². The molecule has 1 heterocycles. The Balaban J connectivity index is 0.817. The predicted molar refractivity (Wildman–Crippen MR) is 375 cm³/mol. The number of rotatable bonds is 24. The van der Waals surface area contributed by atoms with Crippen LogP contribution >= 0.6 is 0 Å². The maximum absolute atomic E-state index is 4.22. The molecule has 0 atom stereocenters. The van der Waals surface area contributed by atoms with Crippen molar-refractivity contribution < 1.29 is 0 Å². The lowest BCUT2D eigenvalue weighted by molar-refractivity contribution is 0.219. The Morgan fingerprint density at radius 2 is 0.404 bits per heavy atom. The van der Waals surface area contributed by atoms with E-state index in [4.69, 9.17) is 0 Å². The van der Waals surface area contributed by atoms with Crippen LogP contribution in [0.2, 0.25) is 0 Å². The Morgan fingerprint density at radius 1 is 0.236 bits per heavy atom. The predicted octanol–water partition coefficient (Wildman–Crippen LogP) is 15.5. The topological polar surface area (TPSA) is 57.8 Å². The Bertz CT molecular complexity index is 2840. The smallest absolute Gasteiger partial charge is 0.0947 e. The summed E-state index contributed by atoms with van der Waals surface area (Å²) in [6, 6.07) is 99.7. The highest BCUT2D eigenvalue weighted by atomic mass is 15.1. The second kappa shape index (κ2) is 35.2. The van der Waals surface area contributed by atoms with Crippen LogP contribution in [0.25, 0.3) is 0 Å². The van der Waals surface area contributed by atoms with Crippen LogP contribution in [0.3, 0.4) is 0 Å². The molecule has 7 nitrogen and oxygen atoms in total. The summed E-state index contributed by atoms with van der Waals surface area (Å²) in [6.45, 7) is 14.9. The van der Waals surface area contributed by atoms with Gasteiger partial charge in [-0.3, -0.25) is 16.0 Å². The summed E-state index contributed by atoms with van der Waals surface area (Å²) in [6.07, 6.45) is 12.8. The van der Waals surface area contributed by atoms with E-state index in [1.807, 2.05) is 0 Å². The van der Waals surface area contributed by atoms with Gasteiger partial charge in [-0.05, 0) is 212 Å². The van der Waals surface area contributed by atoms with Crippen LogP contribution in [-0.2, 0) is 16.6 Å². The highest BCUT2D eigenvalue weighted by Gasteiger charge is 2.38. The summed E-state index contributed by atoms with van der Waals surface area (Å²) in [7, 11) is 0. The zero-order chi connectivity index (χ0) is 60.8. The van der Waals surface area contributed by atoms with Crippen molar-refractivity contribution in [2.75, 3.05) is 91.6 Å². The van der Waals surface area contributed by atoms with Gasteiger partial charge in [-0.2, -0.15) is 0 Å². The fourth-order valence-electron chi connectivity index (χ4n) is 14.0. The lowest BCUT2D eigenvalue weighted by atomic mass is 9.77. The first-order chi connectivity index (χ1) is 44.2. The van der Waals surface area contributed by atoms with Gasteiger partial charge in [0.2, 0.25) is 0 Å². The van der Waals surface area contributed by atoms with Crippen LogP contribution in [0.15, 0.2) is 273 Å². The molecule has 1 aliphatic heterocycles. The van der Waals surface area contributed by atoms with E-state index in [9.17, 15) is 0 Å². The van der Waals surface area contributed by atoms with Gasteiger partial charge in [0.25, 0.3) is 0 Å². The number of benzene rings is 9. The number of hydrogen-bond donors (Lipinski definition) is 4. The van der Waals surface area contributed by atoms with Crippen molar-refractivity contribution in [1.82, 2.24) is 36.0 Å². The zero-order valence-corrected chi connectivity index (χ0v) is 53.0. The van der Waals surface area contributed by atoms with Crippen LogP contribution < -0.4 is 21.3 Å². The molecule has 0 radical (unpaired) electrons. The number of hydrogen-bond acceptors (Lipinski definition) is 7. The zero-order valence-electron chi connectivity index (χ0n) is 53.0. The molecule has 0 aromatic heterocycles. The summed E-state index contributed by atoms with van der Waals surface area (Å²) in [4.78, 5) is 8.39. The molecular formula is C82H99N7. The van der Waals surface area contributed by atoms with E-state index in [2.05, 4.69) is 309 Å². The van der Waals surface area contributed by atoms with E-state index < -0.39 is 16.6 Å². The molecule has 1 saturated heterocycles. The maximum Gasteiger partial charge on any atom is 0.0947 e. The molecule has 0 unspecified atom stereocenters. The molecular weight excluding hydrogens is 1080 g/mol. The van der Waals surface area contributed by atoms with Crippen molar-refractivity contribution in [2.45, 2.75) is 87.2 Å². The minimum Gasteiger partial charge on any atom is -0.317 e. The molecule has 4 N–H and O–H groups in total. The largest absolute Gasteiger partial charge is 0.317 e. The molecule has 0 spiro atoms. The molecule has 462 valence electrons. The van der Waals surface area contributed by atoms with E-state index in [1.165, 1.54) is 101 Å². The first-order valence-corrected chi connectivity index (χ1v) is 33.8. The lowest BCUT2D eigenvalue weighted by Gasteiger charge is -2.37. The summed E-state index contributed by atoms with van der Waals surface area (Å²) in [5, 5.41) is 16.5. The molecule has 1 aliphatic rings. The van der Waals surface area contributed by atoms with E-state index >= 15 is 0 Å². The van der Waals surface area contributed by atoms with Gasteiger partial charge in [-0.15, -0.1) is 0 Å². The van der Waals surface area contributed by atoms with Crippen molar-refractivity contribution in [3.63, 3.8) is 0 Å². The first kappa shape index (κ1) is 64.7. The molecule has 9 aromatic carbocycles. The number of nitrogens with zero attached hydrogens (tertiary/aromatic N) is 3. The highest BCUT2D eigenvalue weighted by Crippen LogP contribution is 2.40. The second-order valence-electron chi connectivity index (χ2n) is 24.5. The average Bonchev–Trinajstić information content (AvgIpc) is 2.74. The van der Waals surface area contributed by atoms with Gasteiger partial charge < -0.3 is 20.0 Å². The highest BCUT2D eigenvalue weighted by molar-refractivity contribution is 5.52. The molecule has 0 amide bonds. The van der Waals surface area contributed by atoms with Crippen LogP contribution in [0.5, 0.6) is 0 Å². The molecule has 7 heteroatoms. The second-order valence-corrected chi connectivity index (χ2v) is 24.5. The van der Waals surface area contributed by atoms with E-state index in [-0.39, 0.29) is 0 Å². The quantitative estimate of drug-likeness (QED) is 0.0355. The van der Waals surface area contributed by atoms with Gasteiger partial charge >= 0.3 is 0 Å². The minimum atomic E-state index is -0.471. The molecule has 89 heavy (non-hydrogen) atoms. The third kappa shape index (κ3) is 17.6. The Kier molecular flexibility index (Phi) is 25.6. The van der Waals surface area contributed by atoms with Gasteiger partial charge in [0.1, 0.15) is 0 Å². The molecule has 0 saturated carbocycles. The number of nitrogens with one attached hydrogen (secondary N) is 4. The van der Waals surface area contributed by atoms with Crippen LogP contribution in [0, 0.1) is 0 Å². The summed E-state index contributed by atoms with van der Waals surface area (Å²) >= 11 is 0. The van der Waals surface area contributed by atoms with Crippen molar-refractivity contribution in [3.05, 3.63) is 323 Å². The SMILES string of the molecule is c1ccc(C(NCCCN2CCCCNCCCCN(CCCNC(c3ccccc3)(c3ccccc3)c3ccccc3)CCCCN(CCCNC(c3ccccc3)(c3ccccc3)c3ccccc3)CCCC2)(c2ccccc2)c2ccccc2)cc1. The average molecular weight is 1180 g/mol. The van der Waals surface area contributed by atoms with Crippen molar-refractivity contribution in [1.29, 1.82) is 0 Å². The first-order valence-electron chi connectivity index (χ1n) is 33.8. The molecule has 0 aliphatic carbocycles. The van der Waals surface area contributed by atoms with Crippen molar-refractivity contribution >= 4 is 0 Å². The Hall–Kier alpha value is -7.30. The molecule has 10 rings (SSSR count). The van der Waals surface area contributed by atoms with Crippen LogP contribution in [0.1, 0.15) is 121 Å². The summed E-state index contributed by atoms with van der Waals surface area (Å²) in [5.74, 6) is 0. The van der Waals surface area contributed by atoms with Crippen molar-refractivity contribution in [2.24, 2.45) is 0 Å². The lowest BCUT2D eigenvalue weighted by Crippen LogP contribution is -2.45. The Labute approximate surface area is 535 Å². The summed E-state index contributed by atoms with van der Waals surface area (Å²) in [5.41, 5.74) is 10.0. The molecule has 0 bridgehead atoms. The standard InChI is InChI=1S/C82H99N7/c1-10-39-71(40-11-1)80(72-41-12-2-13-42-72,73-43-14-3-15-44-73)84-59-36-68-87-62-30-28-57-83-58-29-31-63-88(69-37-60-85-81(74-45-16-4-17-46-74,75-47-18-5-19-48-75)76-49-20-6-21-50-76)65-33-35-67-89(66-34-32-64-87)70-38-61-86-82(77-51-22-7-23-52-77,78-53-24-8-25-54-78)79-55-26-9-27-56-79/h1-27,39-56,83-86H,28-38,57-70H2. The van der Waals surface area contributed by atoms with Crippen molar-refractivity contribution in [3.8, 4) is 0 Å². The maximum atomic E-state index is 4.22. The Morgan fingerprint density at radius 3 is 0.584 bits per heavy atom. The van der Waals surface area contributed by atoms with Gasteiger partial charge in [0.15, 0.2) is 0 Å². The van der Waals surface area contributed by atoms with Gasteiger partial charge in [0, 0.05) is 0 Å². The fraction of sp³-hybridized carbons (Fsp3) is 0.341. The van der Waals surface area contributed by atoms with E-state index in [0.717, 1.165) is 111 Å². The van der Waals surface area contributed by atoms with E-state index in [0.29, 0.717) is 0 Å². The van der Waals surface area contributed by atoms with E-state index in [1.54, 1.807) is 0 Å². The monoisotopic (exact) mass is 1180 g/mol. The molecule has 1 fully saturated rings. The molecule has 9 aromatic rings. The third-order valence-corrected chi connectivity index (χ3v) is 18.5. The van der Waals surface area contributed by atoms with Gasteiger partial charge in [-0.25, -0.2) is 0 Å². The van der Waals surface area contributed by atoms with Gasteiger partial charge in [0.05, 0.1) is 16.6 Å².